The van der Waals surface area contributed by atoms with Crippen LogP contribution < -0.4 is 16.7 Å². The summed E-state index contributed by atoms with van der Waals surface area (Å²) in [6.45, 7) is -0.710. The molecule has 0 bridgehead atoms. The molecule has 5 heterocycles. The fourth-order valence-electron chi connectivity index (χ4n) is 5.67. The minimum atomic E-state index is -3.13. The van der Waals surface area contributed by atoms with Crippen molar-refractivity contribution in [1.82, 2.24) is 24.3 Å². The topological polar surface area (TPSA) is 287 Å². The number of carboxylic acid groups (broad SMARTS) is 2. The number of thiazole rings is 1. The number of nitrogen functional groups attached to an aromatic ring is 1. The van der Waals surface area contributed by atoms with Crippen molar-refractivity contribution in [3.05, 3.63) is 40.0 Å². The minimum Gasteiger partial charge on any atom is -0.504 e. The first-order valence-corrected chi connectivity index (χ1v) is 15.3. The van der Waals surface area contributed by atoms with E-state index in [1.54, 1.807) is 0 Å². The van der Waals surface area contributed by atoms with Crippen LogP contribution in [-0.2, 0) is 38.4 Å². The fourth-order valence-corrected chi connectivity index (χ4v) is 6.22. The number of carboxylic acids is 2. The standard InChI is InChI=1S/C27H25F2N7O13S/c28-26(29)3-1-25(2-4-26,21(42)43)49-33-17(13-10-50-23(30)32-13)18(39)31-12-9-47-36(19(12)40)27(22(44)45)6-14(20(41)48-27)35-7-11-5-15(37)16(38)8-34(11)24(35)46/h5,7-8,10,12,14,37-38H,1-4,6,9H2,(H2,30,32)(H,31,39)(H,42,43)(H,44,45)/b33-17-/t12-,14?,27?/m0/s1. The number of hydrogen-bond acceptors (Lipinski definition) is 15. The third-order valence-corrected chi connectivity index (χ3v) is 9.10. The monoisotopic (exact) mass is 725 g/mol. The van der Waals surface area contributed by atoms with Gasteiger partial charge < -0.3 is 41.1 Å². The Kier molecular flexibility index (Phi) is 8.13. The smallest absolute Gasteiger partial charge is 0.372 e. The van der Waals surface area contributed by atoms with Crippen LogP contribution in [0.15, 0.2) is 33.8 Å². The van der Waals surface area contributed by atoms with Gasteiger partial charge in [-0.25, -0.2) is 32.9 Å². The lowest BCUT2D eigenvalue weighted by Gasteiger charge is -2.34. The normalized spacial score (nSPS) is 24.7. The van der Waals surface area contributed by atoms with Gasteiger partial charge >= 0.3 is 29.3 Å². The van der Waals surface area contributed by atoms with Gasteiger partial charge in [-0.1, -0.05) is 5.16 Å². The van der Waals surface area contributed by atoms with Crippen molar-refractivity contribution < 1.29 is 67.6 Å². The second-order valence-electron chi connectivity index (χ2n) is 11.6. The molecule has 3 aliphatic rings. The molecule has 2 saturated heterocycles. The van der Waals surface area contributed by atoms with Crippen LogP contribution in [-0.4, -0.2) is 105 Å². The minimum absolute atomic E-state index is 0.0150. The van der Waals surface area contributed by atoms with Crippen LogP contribution in [0.4, 0.5) is 13.9 Å². The second kappa shape index (κ2) is 11.9. The molecule has 0 spiro atoms. The zero-order valence-electron chi connectivity index (χ0n) is 25.1. The lowest BCUT2D eigenvalue weighted by Crippen LogP contribution is -2.57. The number of nitrogens with zero attached hydrogens (tertiary/aromatic N) is 5. The lowest BCUT2D eigenvalue weighted by atomic mass is 9.83. The van der Waals surface area contributed by atoms with E-state index in [-0.39, 0.29) is 21.4 Å². The Morgan fingerprint density at radius 1 is 1.08 bits per heavy atom. The number of hydrogen-bond donors (Lipinski definition) is 6. The van der Waals surface area contributed by atoms with Gasteiger partial charge in [0.2, 0.25) is 11.5 Å². The second-order valence-corrected chi connectivity index (χ2v) is 12.5. The summed E-state index contributed by atoms with van der Waals surface area (Å²) >= 11 is 0.853. The van der Waals surface area contributed by atoms with Crippen LogP contribution in [0, 0.1) is 0 Å². The van der Waals surface area contributed by atoms with E-state index in [4.69, 9.17) is 20.1 Å². The zero-order valence-corrected chi connectivity index (χ0v) is 26.0. The number of aromatic hydroxyl groups is 2. The number of rotatable bonds is 9. The van der Waals surface area contributed by atoms with Gasteiger partial charge in [-0.3, -0.25) is 23.4 Å². The molecule has 3 aromatic heterocycles. The van der Waals surface area contributed by atoms with Crippen molar-refractivity contribution in [1.29, 1.82) is 0 Å². The summed E-state index contributed by atoms with van der Waals surface area (Å²) < 4.78 is 34.4. The average Bonchev–Trinajstić information content (AvgIpc) is 3.81. The Morgan fingerprint density at radius 3 is 2.40 bits per heavy atom. The molecular formula is C27H25F2N7O13S. The third kappa shape index (κ3) is 5.68. The maximum Gasteiger partial charge on any atom is 0.372 e. The number of hydroxylamine groups is 2. The molecule has 3 fully saturated rings. The van der Waals surface area contributed by atoms with Crippen molar-refractivity contribution in [3.8, 4) is 11.5 Å². The number of carbonyl (C=O) groups excluding carboxylic acids is 3. The number of amides is 2. The van der Waals surface area contributed by atoms with Crippen LogP contribution in [0.5, 0.6) is 11.5 Å². The van der Waals surface area contributed by atoms with Crippen molar-refractivity contribution >= 4 is 57.4 Å². The maximum absolute atomic E-state index is 13.8. The van der Waals surface area contributed by atoms with Crippen molar-refractivity contribution in [2.75, 3.05) is 12.3 Å². The number of cyclic esters (lactones) is 1. The van der Waals surface area contributed by atoms with Gasteiger partial charge in [0.15, 0.2) is 22.3 Å². The average molecular weight is 726 g/mol. The molecule has 2 amide bonds. The quantitative estimate of drug-likeness (QED) is 0.0924. The van der Waals surface area contributed by atoms with E-state index in [0.717, 1.165) is 38.8 Å². The highest BCUT2D eigenvalue weighted by molar-refractivity contribution is 7.13. The highest BCUT2D eigenvalue weighted by atomic mass is 32.1. The predicted octanol–water partition coefficient (Wildman–Crippen LogP) is -0.468. The molecule has 1 aliphatic carbocycles. The number of imidazole rings is 1. The van der Waals surface area contributed by atoms with Crippen molar-refractivity contribution in [3.63, 3.8) is 0 Å². The number of nitrogens with one attached hydrogen (secondary N) is 1. The predicted molar refractivity (Wildman–Crippen MR) is 158 cm³/mol. The summed E-state index contributed by atoms with van der Waals surface area (Å²) in [5.74, 6) is -11.6. The number of halogens is 2. The number of aliphatic carboxylic acids is 2. The first-order valence-electron chi connectivity index (χ1n) is 14.4. The van der Waals surface area contributed by atoms with Crippen LogP contribution in [0.1, 0.15) is 43.8 Å². The van der Waals surface area contributed by atoms with Crippen LogP contribution in [0.25, 0.3) is 5.52 Å². The number of aromatic nitrogens is 3. The molecule has 0 radical (unpaired) electrons. The summed E-state index contributed by atoms with van der Waals surface area (Å²) in [6.07, 6.45) is -1.87. The van der Waals surface area contributed by atoms with Crippen LogP contribution in [0.3, 0.4) is 0 Å². The number of carbonyl (C=O) groups is 5. The molecular weight excluding hydrogens is 700 g/mol. The first-order chi connectivity index (χ1) is 23.5. The zero-order chi connectivity index (χ0) is 36.3. The number of esters is 1. The van der Waals surface area contributed by atoms with E-state index in [1.807, 2.05) is 0 Å². The lowest BCUT2D eigenvalue weighted by molar-refractivity contribution is -0.256. The molecule has 3 atom stereocenters. The summed E-state index contributed by atoms with van der Waals surface area (Å²) in [5, 5.41) is 46.8. The van der Waals surface area contributed by atoms with Gasteiger partial charge in [0, 0.05) is 43.3 Å². The molecule has 2 aliphatic heterocycles. The van der Waals surface area contributed by atoms with Gasteiger partial charge in [-0.15, -0.1) is 11.3 Å². The maximum atomic E-state index is 13.8. The Labute approximate surface area is 279 Å². The molecule has 266 valence electrons. The van der Waals surface area contributed by atoms with E-state index in [9.17, 15) is 58.0 Å². The largest absolute Gasteiger partial charge is 0.504 e. The molecule has 1 saturated carbocycles. The van der Waals surface area contributed by atoms with E-state index in [1.165, 1.54) is 5.38 Å². The van der Waals surface area contributed by atoms with E-state index in [0.29, 0.717) is 0 Å². The highest BCUT2D eigenvalue weighted by Crippen LogP contribution is 2.42. The summed E-state index contributed by atoms with van der Waals surface area (Å²) in [5.41, 5.74) is -1.25. The number of pyridine rings is 1. The number of oxime groups is 1. The summed E-state index contributed by atoms with van der Waals surface area (Å²) in [6, 6.07) is -2.29. The molecule has 50 heavy (non-hydrogen) atoms. The third-order valence-electron chi connectivity index (χ3n) is 8.43. The van der Waals surface area contributed by atoms with Crippen LogP contribution >= 0.6 is 11.3 Å². The van der Waals surface area contributed by atoms with Gasteiger partial charge in [0.05, 0.1) is 18.1 Å². The first kappa shape index (κ1) is 34.0. The molecule has 20 nitrogen and oxygen atoms in total. The van der Waals surface area contributed by atoms with Gasteiger partial charge in [0.25, 0.3) is 11.8 Å². The Balaban J connectivity index is 1.24. The van der Waals surface area contributed by atoms with Gasteiger partial charge in [-0.2, -0.15) is 5.06 Å². The summed E-state index contributed by atoms with van der Waals surface area (Å²) in [4.78, 5) is 92.0. The highest BCUT2D eigenvalue weighted by Gasteiger charge is 2.63. The molecule has 6 rings (SSSR count). The fraction of sp³-hybridized carbons (Fsp3) is 0.407. The number of fused-ring (bicyclic) bond motifs is 1. The molecule has 23 heteroatoms. The Morgan fingerprint density at radius 2 is 1.78 bits per heavy atom. The molecule has 2 unspecified atom stereocenters. The number of alkyl halides is 2. The number of anilines is 1. The molecule has 7 N–H and O–H groups in total. The van der Waals surface area contributed by atoms with Crippen molar-refractivity contribution in [2.24, 2.45) is 5.16 Å². The van der Waals surface area contributed by atoms with Gasteiger partial charge in [-0.05, 0) is 0 Å². The van der Waals surface area contributed by atoms with Crippen molar-refractivity contribution in [2.45, 2.75) is 61.4 Å². The Hall–Kier alpha value is -5.84. The van der Waals surface area contributed by atoms with Crippen LogP contribution in [0.2, 0.25) is 0 Å². The van der Waals surface area contributed by atoms with E-state index < -0.39 is 121 Å². The molecule has 3 aromatic rings. The number of ether oxygens (including phenoxy) is 1. The van der Waals surface area contributed by atoms with E-state index >= 15 is 0 Å². The SMILES string of the molecule is Nc1nc(/C(=N/OC2(C(=O)O)CCC(F)(F)CC2)C(=O)N[C@H]2CON(C3(C(=O)O)CC(n4cc5cc(O)c(O)cn5c4=O)C(=O)O3)C2=O)cs1. The molecule has 0 aromatic carbocycles. The number of nitrogens with two attached hydrogens (primary N) is 1. The van der Waals surface area contributed by atoms with Gasteiger partial charge in [0.1, 0.15) is 24.4 Å². The Bertz CT molecular complexity index is 2030. The summed E-state index contributed by atoms with van der Waals surface area (Å²) in [7, 11) is 0. The van der Waals surface area contributed by atoms with E-state index in [2.05, 4.69) is 15.5 Å².